The van der Waals surface area contributed by atoms with Gasteiger partial charge in [0.15, 0.2) is 12.4 Å². The SMILES string of the molecule is Cc1cc(C)cc(NC(=O)COC(=O)c2cc(-c3ccco3)nc3ccccc23)c1. The number of ether oxygens (including phenoxy) is 1. The number of fused-ring (bicyclic) bond motifs is 1. The summed E-state index contributed by atoms with van der Waals surface area (Å²) in [6.07, 6.45) is 1.54. The van der Waals surface area contributed by atoms with Crippen molar-refractivity contribution in [2.24, 2.45) is 0 Å². The molecule has 0 aliphatic carbocycles. The zero-order chi connectivity index (χ0) is 21.1. The van der Waals surface area contributed by atoms with E-state index in [0.717, 1.165) is 11.1 Å². The number of carbonyl (C=O) groups is 2. The van der Waals surface area contributed by atoms with Gasteiger partial charge in [0.2, 0.25) is 0 Å². The highest BCUT2D eigenvalue weighted by Crippen LogP contribution is 2.25. The number of para-hydroxylation sites is 1. The molecule has 0 saturated carbocycles. The van der Waals surface area contributed by atoms with Crippen LogP contribution >= 0.6 is 0 Å². The standard InChI is InChI=1S/C24H20N2O4/c1-15-10-16(2)12-17(11-15)25-23(27)14-30-24(28)19-13-21(22-8-5-9-29-22)26-20-7-4-3-6-18(19)20/h3-13H,14H2,1-2H3,(H,25,27). The predicted molar refractivity (Wildman–Crippen MR) is 114 cm³/mol. The number of benzene rings is 2. The number of pyridine rings is 1. The van der Waals surface area contributed by atoms with Crippen LogP contribution in [0.25, 0.3) is 22.4 Å². The van der Waals surface area contributed by atoms with E-state index in [2.05, 4.69) is 10.3 Å². The average Bonchev–Trinajstić information content (AvgIpc) is 3.25. The van der Waals surface area contributed by atoms with Gasteiger partial charge in [0.05, 0.1) is 17.3 Å². The fourth-order valence-electron chi connectivity index (χ4n) is 3.35. The number of anilines is 1. The fourth-order valence-corrected chi connectivity index (χ4v) is 3.35. The lowest BCUT2D eigenvalue weighted by Crippen LogP contribution is -2.21. The van der Waals surface area contributed by atoms with E-state index >= 15 is 0 Å². The highest BCUT2D eigenvalue weighted by molar-refractivity contribution is 6.05. The van der Waals surface area contributed by atoms with Crippen molar-refractivity contribution in [1.82, 2.24) is 4.98 Å². The maximum Gasteiger partial charge on any atom is 0.339 e. The monoisotopic (exact) mass is 400 g/mol. The van der Waals surface area contributed by atoms with Gasteiger partial charge in [-0.25, -0.2) is 9.78 Å². The number of nitrogens with zero attached hydrogens (tertiary/aromatic N) is 1. The number of aryl methyl sites for hydroxylation is 2. The molecule has 0 aliphatic heterocycles. The van der Waals surface area contributed by atoms with Gasteiger partial charge in [-0.3, -0.25) is 4.79 Å². The van der Waals surface area contributed by atoms with Gasteiger partial charge in [-0.15, -0.1) is 0 Å². The van der Waals surface area contributed by atoms with E-state index in [-0.39, 0.29) is 0 Å². The van der Waals surface area contributed by atoms with Crippen LogP contribution in [-0.2, 0) is 9.53 Å². The Labute approximate surface area is 173 Å². The number of rotatable bonds is 5. The van der Waals surface area contributed by atoms with Gasteiger partial charge in [0, 0.05) is 11.1 Å². The summed E-state index contributed by atoms with van der Waals surface area (Å²) >= 11 is 0. The second kappa shape index (κ2) is 8.21. The summed E-state index contributed by atoms with van der Waals surface area (Å²) in [5.41, 5.74) is 4.23. The smallest absolute Gasteiger partial charge is 0.339 e. The molecule has 1 N–H and O–H groups in total. The Hall–Kier alpha value is -3.93. The Morgan fingerprint density at radius 3 is 2.50 bits per heavy atom. The summed E-state index contributed by atoms with van der Waals surface area (Å²) in [5, 5.41) is 3.40. The quantitative estimate of drug-likeness (QED) is 0.482. The van der Waals surface area contributed by atoms with Crippen LogP contribution in [0.15, 0.2) is 71.3 Å². The van der Waals surface area contributed by atoms with Gasteiger partial charge in [0.1, 0.15) is 5.69 Å². The van der Waals surface area contributed by atoms with Crippen LogP contribution in [-0.4, -0.2) is 23.5 Å². The van der Waals surface area contributed by atoms with Crippen LogP contribution in [0.4, 0.5) is 5.69 Å². The number of nitrogens with one attached hydrogen (secondary N) is 1. The minimum Gasteiger partial charge on any atom is -0.463 e. The van der Waals surface area contributed by atoms with E-state index < -0.39 is 18.5 Å². The fraction of sp³-hybridized carbons (Fsp3) is 0.125. The number of hydrogen-bond acceptors (Lipinski definition) is 5. The van der Waals surface area contributed by atoms with E-state index in [1.165, 1.54) is 0 Å². The van der Waals surface area contributed by atoms with Crippen molar-refractivity contribution in [2.45, 2.75) is 13.8 Å². The Morgan fingerprint density at radius 2 is 1.77 bits per heavy atom. The van der Waals surface area contributed by atoms with Gasteiger partial charge >= 0.3 is 5.97 Å². The molecule has 4 rings (SSSR count). The molecule has 2 aromatic carbocycles. The summed E-state index contributed by atoms with van der Waals surface area (Å²) in [6.45, 7) is 3.51. The van der Waals surface area contributed by atoms with Crippen LogP contribution in [0.5, 0.6) is 0 Å². The summed E-state index contributed by atoms with van der Waals surface area (Å²) in [7, 11) is 0. The lowest BCUT2D eigenvalue weighted by molar-refractivity contribution is -0.119. The first-order valence-corrected chi connectivity index (χ1v) is 9.48. The number of aromatic nitrogens is 1. The van der Waals surface area contributed by atoms with Gasteiger partial charge in [0.25, 0.3) is 5.91 Å². The zero-order valence-corrected chi connectivity index (χ0v) is 16.6. The van der Waals surface area contributed by atoms with E-state index in [9.17, 15) is 9.59 Å². The molecule has 2 aromatic heterocycles. The molecule has 0 unspecified atom stereocenters. The number of carbonyl (C=O) groups excluding carboxylic acids is 2. The third-order valence-corrected chi connectivity index (χ3v) is 4.55. The van der Waals surface area contributed by atoms with Gasteiger partial charge < -0.3 is 14.5 Å². The number of furan rings is 1. The Balaban J connectivity index is 1.53. The number of esters is 1. The van der Waals surface area contributed by atoms with E-state index in [0.29, 0.717) is 33.6 Å². The van der Waals surface area contributed by atoms with Crippen molar-refractivity contribution in [3.05, 3.63) is 83.6 Å². The molecule has 30 heavy (non-hydrogen) atoms. The zero-order valence-electron chi connectivity index (χ0n) is 16.6. The van der Waals surface area contributed by atoms with Crippen molar-refractivity contribution >= 4 is 28.5 Å². The Morgan fingerprint density at radius 1 is 1.00 bits per heavy atom. The van der Waals surface area contributed by atoms with Gasteiger partial charge in [-0.05, 0) is 61.4 Å². The van der Waals surface area contributed by atoms with Crippen molar-refractivity contribution in [1.29, 1.82) is 0 Å². The first kappa shape index (κ1) is 19.4. The van der Waals surface area contributed by atoms with Crippen LogP contribution in [0.3, 0.4) is 0 Å². The highest BCUT2D eigenvalue weighted by Gasteiger charge is 2.17. The predicted octanol–water partition coefficient (Wildman–Crippen LogP) is 4.91. The highest BCUT2D eigenvalue weighted by atomic mass is 16.5. The van der Waals surface area contributed by atoms with Crippen molar-refractivity contribution in [2.75, 3.05) is 11.9 Å². The minimum atomic E-state index is -0.600. The van der Waals surface area contributed by atoms with Gasteiger partial charge in [-0.1, -0.05) is 24.3 Å². The molecule has 150 valence electrons. The number of hydrogen-bond donors (Lipinski definition) is 1. The summed E-state index contributed by atoms with van der Waals surface area (Å²) in [4.78, 5) is 29.6. The van der Waals surface area contributed by atoms with Crippen molar-refractivity contribution in [3.63, 3.8) is 0 Å². The molecular weight excluding hydrogens is 380 g/mol. The summed E-state index contributed by atoms with van der Waals surface area (Å²) in [5.74, 6) is -0.461. The molecule has 4 aromatic rings. The Bertz CT molecular complexity index is 1210. The largest absolute Gasteiger partial charge is 0.463 e. The molecule has 6 nitrogen and oxygen atoms in total. The second-order valence-electron chi connectivity index (χ2n) is 7.05. The molecule has 2 heterocycles. The summed E-state index contributed by atoms with van der Waals surface area (Å²) in [6, 6.07) is 18.1. The van der Waals surface area contributed by atoms with Crippen LogP contribution < -0.4 is 5.32 Å². The molecule has 0 saturated heterocycles. The molecule has 1 amide bonds. The molecule has 0 aliphatic rings. The maximum atomic E-state index is 12.8. The van der Waals surface area contributed by atoms with Gasteiger partial charge in [-0.2, -0.15) is 0 Å². The van der Waals surface area contributed by atoms with E-state index in [1.54, 1.807) is 30.5 Å². The molecule has 6 heteroatoms. The lowest BCUT2D eigenvalue weighted by atomic mass is 10.1. The summed E-state index contributed by atoms with van der Waals surface area (Å²) < 4.78 is 10.7. The molecule has 0 spiro atoms. The first-order valence-electron chi connectivity index (χ1n) is 9.48. The second-order valence-corrected chi connectivity index (χ2v) is 7.05. The van der Waals surface area contributed by atoms with Crippen LogP contribution in [0.1, 0.15) is 21.5 Å². The minimum absolute atomic E-state index is 0.325. The number of amides is 1. The lowest BCUT2D eigenvalue weighted by Gasteiger charge is -2.10. The molecule has 0 atom stereocenters. The molecule has 0 bridgehead atoms. The Kier molecular flexibility index (Phi) is 5.30. The van der Waals surface area contributed by atoms with Crippen LogP contribution in [0, 0.1) is 13.8 Å². The van der Waals surface area contributed by atoms with E-state index in [4.69, 9.17) is 9.15 Å². The van der Waals surface area contributed by atoms with Crippen LogP contribution in [0.2, 0.25) is 0 Å². The normalized spacial score (nSPS) is 10.7. The maximum absolute atomic E-state index is 12.8. The average molecular weight is 400 g/mol. The molecular formula is C24H20N2O4. The first-order chi connectivity index (χ1) is 14.5. The third kappa shape index (κ3) is 4.22. The third-order valence-electron chi connectivity index (χ3n) is 4.55. The molecule has 0 radical (unpaired) electrons. The topological polar surface area (TPSA) is 81.4 Å². The van der Waals surface area contributed by atoms with Crippen molar-refractivity contribution in [3.8, 4) is 11.5 Å². The van der Waals surface area contributed by atoms with E-state index in [1.807, 2.05) is 50.2 Å². The molecule has 0 fully saturated rings. The van der Waals surface area contributed by atoms with Crippen molar-refractivity contribution < 1.29 is 18.7 Å².